The highest BCUT2D eigenvalue weighted by molar-refractivity contribution is 6.30. The summed E-state index contributed by atoms with van der Waals surface area (Å²) in [7, 11) is 1.62. The van der Waals surface area contributed by atoms with Crippen LogP contribution in [0.4, 0.5) is 0 Å². The molecule has 7 heteroatoms. The van der Waals surface area contributed by atoms with Crippen LogP contribution in [0.1, 0.15) is 31.3 Å². The Morgan fingerprint density at radius 2 is 1.75 bits per heavy atom. The van der Waals surface area contributed by atoms with Crippen molar-refractivity contribution in [1.82, 2.24) is 19.9 Å². The molecule has 6 nitrogen and oxygen atoms in total. The van der Waals surface area contributed by atoms with Gasteiger partial charge in [0.1, 0.15) is 11.4 Å². The summed E-state index contributed by atoms with van der Waals surface area (Å²) in [5.74, 6) is 0.774. The van der Waals surface area contributed by atoms with E-state index >= 15 is 0 Å². The number of fused-ring (bicyclic) bond motifs is 1. The normalized spacial score (nSPS) is 12.2. The van der Waals surface area contributed by atoms with Gasteiger partial charge in [-0.05, 0) is 43.2 Å². The molecule has 0 aliphatic heterocycles. The lowest BCUT2D eigenvalue weighted by Crippen LogP contribution is -2.37. The van der Waals surface area contributed by atoms with E-state index < -0.39 is 0 Å². The zero-order valence-corrected chi connectivity index (χ0v) is 19.2. The number of methoxy groups -OCH3 is 1. The average Bonchev–Trinajstić information content (AvgIpc) is 3.22. The van der Waals surface area contributed by atoms with Crippen LogP contribution in [0.25, 0.3) is 28.2 Å². The lowest BCUT2D eigenvalue weighted by Gasteiger charge is -2.18. The molecule has 1 atom stereocenters. The van der Waals surface area contributed by atoms with E-state index in [4.69, 9.17) is 21.3 Å². The Bertz CT molecular complexity index is 1260. The van der Waals surface area contributed by atoms with E-state index in [-0.39, 0.29) is 11.9 Å². The molecular formula is C25H25ClN4O2. The van der Waals surface area contributed by atoms with Crippen LogP contribution in [0, 0.1) is 5.92 Å². The number of hydrogen-bond acceptors (Lipinski definition) is 4. The molecule has 0 fully saturated rings. The first-order chi connectivity index (χ1) is 15.4. The molecule has 0 saturated heterocycles. The molecule has 0 aliphatic rings. The van der Waals surface area contributed by atoms with Crippen LogP contribution in [0.15, 0.2) is 60.7 Å². The molecule has 0 bridgehead atoms. The first-order valence-electron chi connectivity index (χ1n) is 10.5. The summed E-state index contributed by atoms with van der Waals surface area (Å²) in [6.45, 7) is 6.13. The van der Waals surface area contributed by atoms with Gasteiger partial charge in [-0.15, -0.1) is 0 Å². The van der Waals surface area contributed by atoms with Crippen LogP contribution in [-0.2, 0) is 0 Å². The Morgan fingerprint density at radius 1 is 1.03 bits per heavy atom. The van der Waals surface area contributed by atoms with Crippen molar-refractivity contribution in [2.75, 3.05) is 7.11 Å². The number of para-hydroxylation sites is 1. The lowest BCUT2D eigenvalue weighted by molar-refractivity contribution is 0.0923. The van der Waals surface area contributed by atoms with Gasteiger partial charge in [-0.25, -0.2) is 9.50 Å². The monoisotopic (exact) mass is 448 g/mol. The molecule has 0 spiro atoms. The van der Waals surface area contributed by atoms with Crippen LogP contribution in [0.2, 0.25) is 5.02 Å². The lowest BCUT2D eigenvalue weighted by atomic mass is 10.1. The number of carbonyl (C=O) groups is 1. The molecule has 0 radical (unpaired) electrons. The predicted molar refractivity (Wildman–Crippen MR) is 127 cm³/mol. The Balaban J connectivity index is 1.89. The van der Waals surface area contributed by atoms with Gasteiger partial charge in [0.15, 0.2) is 5.65 Å². The summed E-state index contributed by atoms with van der Waals surface area (Å²) < 4.78 is 7.11. The van der Waals surface area contributed by atoms with Gasteiger partial charge in [-0.1, -0.05) is 49.7 Å². The summed E-state index contributed by atoms with van der Waals surface area (Å²) in [4.78, 5) is 18.0. The number of hydrogen-bond donors (Lipinski definition) is 1. The van der Waals surface area contributed by atoms with Gasteiger partial charge in [0.25, 0.3) is 5.91 Å². The van der Waals surface area contributed by atoms with Crippen LogP contribution in [0.3, 0.4) is 0 Å². The number of aromatic nitrogens is 3. The number of ether oxygens (including phenoxy) is 1. The Kier molecular flexibility index (Phi) is 6.15. The fraction of sp³-hybridized carbons (Fsp3) is 0.240. The minimum Gasteiger partial charge on any atom is -0.496 e. The van der Waals surface area contributed by atoms with Crippen molar-refractivity contribution in [3.63, 3.8) is 0 Å². The van der Waals surface area contributed by atoms with Crippen molar-refractivity contribution in [2.24, 2.45) is 5.92 Å². The third kappa shape index (κ3) is 4.32. The van der Waals surface area contributed by atoms with Gasteiger partial charge < -0.3 is 10.1 Å². The molecule has 32 heavy (non-hydrogen) atoms. The van der Waals surface area contributed by atoms with Crippen molar-refractivity contribution in [1.29, 1.82) is 0 Å². The third-order valence-electron chi connectivity index (χ3n) is 5.54. The van der Waals surface area contributed by atoms with E-state index in [9.17, 15) is 4.79 Å². The van der Waals surface area contributed by atoms with Gasteiger partial charge in [0, 0.05) is 28.3 Å². The number of carbonyl (C=O) groups excluding carboxylic acids is 1. The van der Waals surface area contributed by atoms with Crippen LogP contribution >= 0.6 is 11.6 Å². The first-order valence-corrected chi connectivity index (χ1v) is 10.9. The highest BCUT2D eigenvalue weighted by Crippen LogP contribution is 2.30. The molecular weight excluding hydrogens is 424 g/mol. The van der Waals surface area contributed by atoms with E-state index in [0.29, 0.717) is 39.4 Å². The second-order valence-electron chi connectivity index (χ2n) is 8.04. The largest absolute Gasteiger partial charge is 0.496 e. The molecule has 4 aromatic rings. The van der Waals surface area contributed by atoms with Gasteiger partial charge in [0.05, 0.1) is 18.5 Å². The number of halogens is 1. The van der Waals surface area contributed by atoms with Crippen molar-refractivity contribution in [3.05, 3.63) is 71.4 Å². The number of nitrogens with one attached hydrogen (secondary N) is 1. The van der Waals surface area contributed by atoms with Crippen LogP contribution in [-0.4, -0.2) is 33.7 Å². The summed E-state index contributed by atoms with van der Waals surface area (Å²) in [5, 5.41) is 8.41. The maximum Gasteiger partial charge on any atom is 0.270 e. The van der Waals surface area contributed by atoms with Crippen molar-refractivity contribution in [2.45, 2.75) is 26.8 Å². The fourth-order valence-corrected chi connectivity index (χ4v) is 3.47. The molecule has 1 N–H and O–H groups in total. The van der Waals surface area contributed by atoms with Crippen molar-refractivity contribution in [3.8, 4) is 28.3 Å². The smallest absolute Gasteiger partial charge is 0.270 e. The maximum absolute atomic E-state index is 13.3. The summed E-state index contributed by atoms with van der Waals surface area (Å²) in [6.07, 6.45) is 0. The van der Waals surface area contributed by atoms with Crippen LogP contribution < -0.4 is 10.1 Å². The number of nitrogens with zero attached hydrogens (tertiary/aromatic N) is 3. The topological polar surface area (TPSA) is 68.5 Å². The highest BCUT2D eigenvalue weighted by Gasteiger charge is 2.20. The summed E-state index contributed by atoms with van der Waals surface area (Å²) in [6, 6.07) is 18.7. The SMILES string of the molecule is COc1ccccc1-c1cc(C(=O)NC(C)C(C)C)n2nc(-c3ccc(Cl)cc3)cc2n1. The molecule has 164 valence electrons. The van der Waals surface area contributed by atoms with Gasteiger partial charge >= 0.3 is 0 Å². The minimum atomic E-state index is -0.208. The molecule has 1 unspecified atom stereocenters. The van der Waals surface area contributed by atoms with E-state index in [0.717, 1.165) is 11.1 Å². The predicted octanol–water partition coefficient (Wildman–Crippen LogP) is 5.50. The first kappa shape index (κ1) is 21.8. The Morgan fingerprint density at radius 3 is 2.44 bits per heavy atom. The van der Waals surface area contributed by atoms with E-state index in [1.54, 1.807) is 17.7 Å². The van der Waals surface area contributed by atoms with Crippen LogP contribution in [0.5, 0.6) is 5.75 Å². The summed E-state index contributed by atoms with van der Waals surface area (Å²) >= 11 is 6.03. The number of amides is 1. The second kappa shape index (κ2) is 9.01. The molecule has 0 aliphatic carbocycles. The number of rotatable bonds is 6. The molecule has 2 aromatic carbocycles. The van der Waals surface area contributed by atoms with E-state index in [1.807, 2.05) is 61.5 Å². The molecule has 4 rings (SSSR count). The fourth-order valence-electron chi connectivity index (χ4n) is 3.34. The quantitative estimate of drug-likeness (QED) is 0.423. The Hall–Kier alpha value is -3.38. The zero-order chi connectivity index (χ0) is 22.8. The van der Waals surface area contributed by atoms with Gasteiger partial charge in [-0.3, -0.25) is 4.79 Å². The third-order valence-corrected chi connectivity index (χ3v) is 5.79. The van der Waals surface area contributed by atoms with Crippen molar-refractivity contribution < 1.29 is 9.53 Å². The molecule has 1 amide bonds. The van der Waals surface area contributed by atoms with Gasteiger partial charge in [0.2, 0.25) is 0 Å². The summed E-state index contributed by atoms with van der Waals surface area (Å²) in [5.41, 5.74) is 4.01. The standard InChI is InChI=1S/C25H25ClN4O2/c1-15(2)16(3)27-25(31)22-13-21(19-7-5-6-8-23(19)32-4)28-24-14-20(29-30(22)24)17-9-11-18(26)12-10-17/h5-16H,1-4H3,(H,27,31). The maximum atomic E-state index is 13.3. The Labute approximate surface area is 192 Å². The molecule has 2 heterocycles. The van der Waals surface area contributed by atoms with E-state index in [2.05, 4.69) is 24.3 Å². The molecule has 2 aromatic heterocycles. The van der Waals surface area contributed by atoms with E-state index in [1.165, 1.54) is 0 Å². The highest BCUT2D eigenvalue weighted by atomic mass is 35.5. The second-order valence-corrected chi connectivity index (χ2v) is 8.48. The minimum absolute atomic E-state index is 0.00623. The average molecular weight is 449 g/mol. The number of benzene rings is 2. The zero-order valence-electron chi connectivity index (χ0n) is 18.5. The van der Waals surface area contributed by atoms with Gasteiger partial charge in [-0.2, -0.15) is 5.10 Å². The van der Waals surface area contributed by atoms with Crippen molar-refractivity contribution >= 4 is 23.2 Å². The molecule has 0 saturated carbocycles.